The van der Waals surface area contributed by atoms with Crippen LogP contribution in [0.1, 0.15) is 41.8 Å². The third-order valence-corrected chi connectivity index (χ3v) is 5.07. The number of amides is 2. The molecule has 2 amide bonds. The van der Waals surface area contributed by atoms with Crippen LogP contribution in [0, 0.1) is 11.3 Å². The molecule has 1 heterocycles. The first-order valence-corrected chi connectivity index (χ1v) is 10.5. The molecule has 1 aliphatic rings. The van der Waals surface area contributed by atoms with Gasteiger partial charge in [0, 0.05) is 13.1 Å². The van der Waals surface area contributed by atoms with Crippen LogP contribution in [0.3, 0.4) is 0 Å². The second kappa shape index (κ2) is 10.4. The summed E-state index contributed by atoms with van der Waals surface area (Å²) < 4.78 is 10.8. The quantitative estimate of drug-likeness (QED) is 0.591. The zero-order chi connectivity index (χ0) is 23.1. The number of likely N-dealkylation sites (N-methyl/N-ethyl adjacent to an activating group) is 1. The lowest BCUT2D eigenvalue weighted by atomic mass is 10.1. The van der Waals surface area contributed by atoms with E-state index in [0.717, 1.165) is 5.56 Å². The van der Waals surface area contributed by atoms with Crippen molar-refractivity contribution in [1.29, 1.82) is 5.26 Å². The summed E-state index contributed by atoms with van der Waals surface area (Å²) >= 11 is 0. The number of nitriles is 1. The van der Waals surface area contributed by atoms with Gasteiger partial charge in [0.15, 0.2) is 0 Å². The van der Waals surface area contributed by atoms with E-state index in [-0.39, 0.29) is 44.5 Å². The van der Waals surface area contributed by atoms with Crippen molar-refractivity contribution in [3.63, 3.8) is 0 Å². The molecular weight excluding hydrogens is 410 g/mol. The van der Waals surface area contributed by atoms with E-state index >= 15 is 0 Å². The summed E-state index contributed by atoms with van der Waals surface area (Å²) in [6, 6.07) is 14.2. The molecule has 2 aromatic rings. The van der Waals surface area contributed by atoms with E-state index in [2.05, 4.69) is 6.07 Å². The smallest absolute Gasteiger partial charge is 0.307 e. The number of esters is 1. The Morgan fingerprint density at radius 3 is 2.69 bits per heavy atom. The van der Waals surface area contributed by atoms with Crippen molar-refractivity contribution in [2.75, 3.05) is 31.1 Å². The Hall–Kier alpha value is -3.86. The molecular formula is C24H25N3O5. The zero-order valence-electron chi connectivity index (χ0n) is 18.2. The van der Waals surface area contributed by atoms with Crippen LogP contribution in [0.25, 0.3) is 0 Å². The molecule has 166 valence electrons. The van der Waals surface area contributed by atoms with Crippen LogP contribution in [0.4, 0.5) is 5.69 Å². The number of fused-ring (bicyclic) bond motifs is 1. The molecule has 0 atom stereocenters. The van der Waals surface area contributed by atoms with Crippen molar-refractivity contribution < 1.29 is 23.9 Å². The summed E-state index contributed by atoms with van der Waals surface area (Å²) in [7, 11) is 0. The topological polar surface area (TPSA) is 99.9 Å². The maximum absolute atomic E-state index is 13.2. The SMILES string of the molecule is CCOC(=O)CCN1CC(=O)N(CC)c2ccc(OCc3cccc(C#N)c3)cc2C1=O. The molecule has 0 saturated heterocycles. The zero-order valence-corrected chi connectivity index (χ0v) is 18.2. The predicted molar refractivity (Wildman–Crippen MR) is 117 cm³/mol. The molecule has 1 aliphatic heterocycles. The molecule has 0 radical (unpaired) electrons. The molecule has 0 aromatic heterocycles. The molecule has 0 saturated carbocycles. The van der Waals surface area contributed by atoms with Gasteiger partial charge in [-0.05, 0) is 49.7 Å². The van der Waals surface area contributed by atoms with E-state index in [1.807, 2.05) is 13.0 Å². The Bertz CT molecular complexity index is 1060. The minimum atomic E-state index is -0.416. The molecule has 8 heteroatoms. The van der Waals surface area contributed by atoms with Crippen LogP contribution in [-0.2, 0) is 20.9 Å². The third kappa shape index (κ3) is 5.24. The van der Waals surface area contributed by atoms with Gasteiger partial charge in [-0.15, -0.1) is 0 Å². The molecule has 0 unspecified atom stereocenters. The van der Waals surface area contributed by atoms with Crippen LogP contribution in [-0.4, -0.2) is 48.9 Å². The van der Waals surface area contributed by atoms with E-state index in [1.165, 1.54) is 4.90 Å². The molecule has 0 N–H and O–H groups in total. The second-order valence-corrected chi connectivity index (χ2v) is 7.20. The first-order valence-electron chi connectivity index (χ1n) is 10.5. The number of hydrogen-bond donors (Lipinski definition) is 0. The maximum atomic E-state index is 13.2. The van der Waals surface area contributed by atoms with Gasteiger partial charge in [-0.25, -0.2) is 0 Å². The van der Waals surface area contributed by atoms with Crippen molar-refractivity contribution >= 4 is 23.5 Å². The van der Waals surface area contributed by atoms with Crippen LogP contribution in [0.5, 0.6) is 5.75 Å². The van der Waals surface area contributed by atoms with Crippen molar-refractivity contribution in [2.24, 2.45) is 0 Å². The van der Waals surface area contributed by atoms with Gasteiger partial charge in [-0.2, -0.15) is 5.26 Å². The normalized spacial score (nSPS) is 13.3. The Labute approximate surface area is 186 Å². The molecule has 3 rings (SSSR count). The monoisotopic (exact) mass is 435 g/mol. The average molecular weight is 435 g/mol. The number of carbonyl (C=O) groups excluding carboxylic acids is 3. The van der Waals surface area contributed by atoms with Gasteiger partial charge in [-0.1, -0.05) is 12.1 Å². The van der Waals surface area contributed by atoms with Crippen molar-refractivity contribution in [1.82, 2.24) is 4.90 Å². The highest BCUT2D eigenvalue weighted by molar-refractivity contribution is 6.09. The summed E-state index contributed by atoms with van der Waals surface area (Å²) in [4.78, 5) is 40.6. The van der Waals surface area contributed by atoms with Crippen LogP contribution in [0.15, 0.2) is 42.5 Å². The summed E-state index contributed by atoms with van der Waals surface area (Å²) in [5, 5.41) is 9.04. The highest BCUT2D eigenvalue weighted by Gasteiger charge is 2.31. The van der Waals surface area contributed by atoms with E-state index < -0.39 is 5.97 Å². The van der Waals surface area contributed by atoms with Gasteiger partial charge in [0.1, 0.15) is 18.9 Å². The van der Waals surface area contributed by atoms with Crippen LogP contribution in [0.2, 0.25) is 0 Å². The Kier molecular flexibility index (Phi) is 7.45. The number of anilines is 1. The maximum Gasteiger partial charge on any atom is 0.307 e. The highest BCUT2D eigenvalue weighted by Crippen LogP contribution is 2.30. The van der Waals surface area contributed by atoms with E-state index in [0.29, 0.717) is 29.1 Å². The van der Waals surface area contributed by atoms with E-state index in [9.17, 15) is 14.4 Å². The highest BCUT2D eigenvalue weighted by atomic mass is 16.5. The van der Waals surface area contributed by atoms with Crippen LogP contribution >= 0.6 is 0 Å². The first kappa shape index (κ1) is 22.8. The third-order valence-electron chi connectivity index (χ3n) is 5.07. The fraction of sp³-hybridized carbons (Fsp3) is 0.333. The standard InChI is InChI=1S/C24H25N3O5/c1-3-27-21-9-8-19(32-16-18-7-5-6-17(12-18)14-25)13-20(21)24(30)26(15-22(27)28)11-10-23(29)31-4-2/h5-9,12-13H,3-4,10-11,15-16H2,1-2H3. The average Bonchev–Trinajstić information content (AvgIpc) is 2.90. The number of rotatable bonds is 8. The fourth-order valence-corrected chi connectivity index (χ4v) is 3.52. The van der Waals surface area contributed by atoms with Crippen molar-refractivity contribution in [3.8, 4) is 11.8 Å². The molecule has 32 heavy (non-hydrogen) atoms. The second-order valence-electron chi connectivity index (χ2n) is 7.20. The van der Waals surface area contributed by atoms with Gasteiger partial charge in [0.25, 0.3) is 5.91 Å². The molecule has 0 fully saturated rings. The van der Waals surface area contributed by atoms with Gasteiger partial charge >= 0.3 is 5.97 Å². The first-order chi connectivity index (χ1) is 15.5. The fourth-order valence-electron chi connectivity index (χ4n) is 3.52. The van der Waals surface area contributed by atoms with E-state index in [4.69, 9.17) is 14.7 Å². The van der Waals surface area contributed by atoms with Crippen LogP contribution < -0.4 is 9.64 Å². The predicted octanol–water partition coefficient (Wildman–Crippen LogP) is 2.90. The largest absolute Gasteiger partial charge is 0.489 e. The molecule has 2 aromatic carbocycles. The Morgan fingerprint density at radius 2 is 1.97 bits per heavy atom. The van der Waals surface area contributed by atoms with Crippen molar-refractivity contribution in [2.45, 2.75) is 26.9 Å². The summed E-state index contributed by atoms with van der Waals surface area (Å²) in [5.41, 5.74) is 2.22. The number of benzene rings is 2. The molecule has 8 nitrogen and oxygen atoms in total. The van der Waals surface area contributed by atoms with Crippen molar-refractivity contribution in [3.05, 3.63) is 59.2 Å². The van der Waals surface area contributed by atoms with Gasteiger partial charge in [-0.3, -0.25) is 14.4 Å². The minimum Gasteiger partial charge on any atom is -0.489 e. The van der Waals surface area contributed by atoms with Gasteiger partial charge in [0.05, 0.1) is 35.9 Å². The Morgan fingerprint density at radius 1 is 1.16 bits per heavy atom. The number of carbonyl (C=O) groups is 3. The Balaban J connectivity index is 1.83. The number of hydrogen-bond acceptors (Lipinski definition) is 6. The number of nitrogens with zero attached hydrogens (tertiary/aromatic N) is 3. The minimum absolute atomic E-state index is 0.0136. The summed E-state index contributed by atoms with van der Waals surface area (Å²) in [6.07, 6.45) is 0.0136. The number of ether oxygens (including phenoxy) is 2. The summed E-state index contributed by atoms with van der Waals surface area (Å²) in [6.45, 7) is 4.43. The van der Waals surface area contributed by atoms with Gasteiger partial charge in [0.2, 0.25) is 5.91 Å². The molecule has 0 aliphatic carbocycles. The molecule has 0 bridgehead atoms. The van der Waals surface area contributed by atoms with E-state index in [1.54, 1.807) is 48.2 Å². The van der Waals surface area contributed by atoms with Gasteiger partial charge < -0.3 is 19.3 Å². The lowest BCUT2D eigenvalue weighted by molar-refractivity contribution is -0.143. The lowest BCUT2D eigenvalue weighted by Crippen LogP contribution is -2.40. The summed E-state index contributed by atoms with van der Waals surface area (Å²) in [5.74, 6) is -0.507. The lowest BCUT2D eigenvalue weighted by Gasteiger charge is -2.21. The molecule has 0 spiro atoms.